The standard InChI is InChI=1S/C15H11FN2O/c16-12-6-7-15(19)14(10-12)18-13(8-9-17-18)11-4-2-1-3-5-11/h1-10,19H. The minimum absolute atomic E-state index is 0.0118. The summed E-state index contributed by atoms with van der Waals surface area (Å²) in [5.74, 6) is -0.426. The highest BCUT2D eigenvalue weighted by atomic mass is 19.1. The lowest BCUT2D eigenvalue weighted by molar-refractivity contribution is 0.468. The van der Waals surface area contributed by atoms with Crippen LogP contribution in [0.5, 0.6) is 5.75 Å². The predicted octanol–water partition coefficient (Wildman–Crippen LogP) is 3.38. The van der Waals surface area contributed by atoms with Gasteiger partial charge in [-0.25, -0.2) is 9.07 Å². The van der Waals surface area contributed by atoms with Crippen LogP contribution in [-0.2, 0) is 0 Å². The lowest BCUT2D eigenvalue weighted by Crippen LogP contribution is -1.99. The maximum Gasteiger partial charge on any atom is 0.141 e. The van der Waals surface area contributed by atoms with Crippen LogP contribution in [0.15, 0.2) is 60.8 Å². The molecule has 0 fully saturated rings. The second-order valence-corrected chi connectivity index (χ2v) is 4.13. The number of phenols is 1. The van der Waals surface area contributed by atoms with E-state index in [1.54, 1.807) is 6.20 Å². The fourth-order valence-electron chi connectivity index (χ4n) is 1.99. The highest BCUT2D eigenvalue weighted by Crippen LogP contribution is 2.27. The normalized spacial score (nSPS) is 10.6. The number of hydrogen-bond acceptors (Lipinski definition) is 2. The summed E-state index contributed by atoms with van der Waals surface area (Å²) >= 11 is 0. The Morgan fingerprint density at radius 2 is 1.79 bits per heavy atom. The van der Waals surface area contributed by atoms with Crippen molar-refractivity contribution in [2.24, 2.45) is 0 Å². The van der Waals surface area contributed by atoms with E-state index in [-0.39, 0.29) is 5.75 Å². The molecule has 3 rings (SSSR count). The molecule has 0 aliphatic rings. The van der Waals surface area contributed by atoms with Gasteiger partial charge in [0, 0.05) is 11.6 Å². The van der Waals surface area contributed by atoms with Crippen molar-refractivity contribution in [3.05, 3.63) is 66.6 Å². The van der Waals surface area contributed by atoms with Crippen LogP contribution in [0.2, 0.25) is 0 Å². The van der Waals surface area contributed by atoms with Gasteiger partial charge in [-0.15, -0.1) is 0 Å². The Kier molecular flexibility index (Phi) is 2.76. The molecule has 3 nitrogen and oxygen atoms in total. The van der Waals surface area contributed by atoms with Crippen LogP contribution >= 0.6 is 0 Å². The maximum absolute atomic E-state index is 13.3. The van der Waals surface area contributed by atoms with Gasteiger partial charge in [0.2, 0.25) is 0 Å². The second kappa shape index (κ2) is 4.57. The molecule has 0 atom stereocenters. The van der Waals surface area contributed by atoms with Crippen molar-refractivity contribution in [1.29, 1.82) is 0 Å². The zero-order valence-corrected chi connectivity index (χ0v) is 9.99. The molecule has 0 radical (unpaired) electrons. The van der Waals surface area contributed by atoms with Gasteiger partial charge in [0.15, 0.2) is 0 Å². The molecule has 3 aromatic rings. The van der Waals surface area contributed by atoms with Crippen LogP contribution in [-0.4, -0.2) is 14.9 Å². The van der Waals surface area contributed by atoms with Gasteiger partial charge in [-0.1, -0.05) is 30.3 Å². The molecule has 0 bridgehead atoms. The molecular weight excluding hydrogens is 243 g/mol. The Morgan fingerprint density at radius 1 is 1.00 bits per heavy atom. The molecule has 0 aliphatic carbocycles. The molecule has 0 aliphatic heterocycles. The average Bonchev–Trinajstić information content (AvgIpc) is 2.91. The van der Waals surface area contributed by atoms with E-state index >= 15 is 0 Å². The summed E-state index contributed by atoms with van der Waals surface area (Å²) in [4.78, 5) is 0. The highest BCUT2D eigenvalue weighted by Gasteiger charge is 2.11. The Balaban J connectivity index is 2.18. The number of aromatic hydroxyl groups is 1. The van der Waals surface area contributed by atoms with E-state index in [2.05, 4.69) is 5.10 Å². The third-order valence-corrected chi connectivity index (χ3v) is 2.88. The zero-order chi connectivity index (χ0) is 13.2. The molecule has 19 heavy (non-hydrogen) atoms. The van der Waals surface area contributed by atoms with Crippen molar-refractivity contribution in [2.75, 3.05) is 0 Å². The second-order valence-electron chi connectivity index (χ2n) is 4.13. The van der Waals surface area contributed by atoms with Gasteiger partial charge < -0.3 is 5.11 Å². The first-order valence-electron chi connectivity index (χ1n) is 5.84. The van der Waals surface area contributed by atoms with Crippen LogP contribution in [0, 0.1) is 5.82 Å². The fourth-order valence-corrected chi connectivity index (χ4v) is 1.99. The van der Waals surface area contributed by atoms with Gasteiger partial charge in [-0.2, -0.15) is 5.10 Å². The Morgan fingerprint density at radius 3 is 2.58 bits per heavy atom. The largest absolute Gasteiger partial charge is 0.506 e. The van der Waals surface area contributed by atoms with E-state index in [0.29, 0.717) is 5.69 Å². The molecule has 94 valence electrons. The zero-order valence-electron chi connectivity index (χ0n) is 9.99. The summed E-state index contributed by atoms with van der Waals surface area (Å²) in [6.45, 7) is 0. The number of aromatic nitrogens is 2. The van der Waals surface area contributed by atoms with Gasteiger partial charge in [-0.3, -0.25) is 0 Å². The summed E-state index contributed by atoms with van der Waals surface area (Å²) in [5, 5.41) is 14.0. The maximum atomic E-state index is 13.3. The SMILES string of the molecule is Oc1ccc(F)cc1-n1nccc1-c1ccccc1. The van der Waals surface area contributed by atoms with Crippen molar-refractivity contribution in [2.45, 2.75) is 0 Å². The molecule has 0 unspecified atom stereocenters. The molecule has 0 saturated carbocycles. The van der Waals surface area contributed by atoms with E-state index in [1.807, 2.05) is 36.4 Å². The molecule has 0 spiro atoms. The van der Waals surface area contributed by atoms with Gasteiger partial charge in [0.05, 0.1) is 11.9 Å². The first kappa shape index (κ1) is 11.5. The molecule has 2 aromatic carbocycles. The smallest absolute Gasteiger partial charge is 0.141 e. The number of halogens is 1. The Bertz CT molecular complexity index is 707. The first-order chi connectivity index (χ1) is 9.25. The predicted molar refractivity (Wildman–Crippen MR) is 70.6 cm³/mol. The molecule has 0 saturated heterocycles. The molecule has 1 aromatic heterocycles. The number of benzene rings is 2. The quantitative estimate of drug-likeness (QED) is 0.761. The van der Waals surface area contributed by atoms with E-state index in [4.69, 9.17) is 0 Å². The summed E-state index contributed by atoms with van der Waals surface area (Å²) in [5.41, 5.74) is 2.06. The molecule has 1 heterocycles. The van der Waals surface area contributed by atoms with Crippen molar-refractivity contribution < 1.29 is 9.50 Å². The Hall–Kier alpha value is -2.62. The topological polar surface area (TPSA) is 38.0 Å². The van der Waals surface area contributed by atoms with Gasteiger partial charge in [0.1, 0.15) is 17.3 Å². The van der Waals surface area contributed by atoms with Crippen molar-refractivity contribution in [3.8, 4) is 22.7 Å². The molecule has 4 heteroatoms. The lowest BCUT2D eigenvalue weighted by atomic mass is 10.1. The minimum Gasteiger partial charge on any atom is -0.506 e. The third-order valence-electron chi connectivity index (χ3n) is 2.88. The first-order valence-corrected chi connectivity index (χ1v) is 5.84. The van der Waals surface area contributed by atoms with Gasteiger partial charge in [-0.05, 0) is 18.2 Å². The van der Waals surface area contributed by atoms with Crippen molar-refractivity contribution in [3.63, 3.8) is 0 Å². The number of hydrogen-bond donors (Lipinski definition) is 1. The summed E-state index contributed by atoms with van der Waals surface area (Å²) in [7, 11) is 0. The van der Waals surface area contributed by atoms with Gasteiger partial charge in [0.25, 0.3) is 0 Å². The average molecular weight is 254 g/mol. The van der Waals surface area contributed by atoms with Crippen LogP contribution in [0.25, 0.3) is 16.9 Å². The fraction of sp³-hybridized carbons (Fsp3) is 0. The van der Waals surface area contributed by atoms with Crippen LogP contribution in [0.3, 0.4) is 0 Å². The summed E-state index contributed by atoms with van der Waals surface area (Å²) in [6.07, 6.45) is 1.62. The Labute approximate surface area is 109 Å². The van der Waals surface area contributed by atoms with E-state index < -0.39 is 5.82 Å². The van der Waals surface area contributed by atoms with Crippen LogP contribution in [0.1, 0.15) is 0 Å². The summed E-state index contributed by atoms with van der Waals surface area (Å²) in [6, 6.07) is 15.2. The van der Waals surface area contributed by atoms with E-state index in [1.165, 1.54) is 22.9 Å². The van der Waals surface area contributed by atoms with Gasteiger partial charge >= 0.3 is 0 Å². The van der Waals surface area contributed by atoms with E-state index in [0.717, 1.165) is 11.3 Å². The summed E-state index contributed by atoms with van der Waals surface area (Å²) < 4.78 is 14.8. The van der Waals surface area contributed by atoms with Crippen LogP contribution in [0.4, 0.5) is 4.39 Å². The third kappa shape index (κ3) is 2.08. The minimum atomic E-state index is -0.415. The molecule has 0 amide bonds. The van der Waals surface area contributed by atoms with Crippen LogP contribution < -0.4 is 0 Å². The van der Waals surface area contributed by atoms with Crippen molar-refractivity contribution in [1.82, 2.24) is 9.78 Å². The monoisotopic (exact) mass is 254 g/mol. The number of rotatable bonds is 2. The highest BCUT2D eigenvalue weighted by molar-refractivity contribution is 5.63. The number of phenolic OH excluding ortho intramolecular Hbond substituents is 1. The van der Waals surface area contributed by atoms with Crippen molar-refractivity contribution >= 4 is 0 Å². The lowest BCUT2D eigenvalue weighted by Gasteiger charge is -2.09. The molecular formula is C15H11FN2O. The number of nitrogens with zero attached hydrogens (tertiary/aromatic N) is 2. The van der Waals surface area contributed by atoms with E-state index in [9.17, 15) is 9.50 Å². The molecule has 1 N–H and O–H groups in total.